The lowest BCUT2D eigenvalue weighted by molar-refractivity contribution is 0.426. The number of hydrogen-bond acceptors (Lipinski definition) is 5. The first kappa shape index (κ1) is 12.9. The maximum atomic E-state index is 5.25. The predicted molar refractivity (Wildman–Crippen MR) is 80.9 cm³/mol. The summed E-state index contributed by atoms with van der Waals surface area (Å²) < 4.78 is 5.25. The predicted octanol–water partition coefficient (Wildman–Crippen LogP) is 4.03. The summed E-state index contributed by atoms with van der Waals surface area (Å²) in [6.45, 7) is 4.74. The van der Waals surface area contributed by atoms with Gasteiger partial charge in [0.05, 0.1) is 5.56 Å². The van der Waals surface area contributed by atoms with Gasteiger partial charge in [0, 0.05) is 17.1 Å². The van der Waals surface area contributed by atoms with Gasteiger partial charge in [-0.2, -0.15) is 4.98 Å². The Morgan fingerprint density at radius 3 is 2.75 bits per heavy atom. The van der Waals surface area contributed by atoms with E-state index in [0.717, 1.165) is 17.8 Å². The van der Waals surface area contributed by atoms with Gasteiger partial charge in [0.1, 0.15) is 0 Å². The highest BCUT2D eigenvalue weighted by Gasteiger charge is 2.11. The monoisotopic (exact) mass is 285 g/mol. The summed E-state index contributed by atoms with van der Waals surface area (Å²) in [5.74, 6) is 1.19. The number of thiophene rings is 1. The van der Waals surface area contributed by atoms with Crippen molar-refractivity contribution < 1.29 is 4.52 Å². The maximum absolute atomic E-state index is 5.25. The van der Waals surface area contributed by atoms with Gasteiger partial charge < -0.3 is 9.84 Å². The van der Waals surface area contributed by atoms with E-state index < -0.39 is 0 Å². The molecule has 1 N–H and O–H groups in total. The molecule has 5 heteroatoms. The van der Waals surface area contributed by atoms with Crippen molar-refractivity contribution in [3.05, 3.63) is 52.0 Å². The number of anilines is 1. The minimum absolute atomic E-state index is 0.550. The molecule has 0 aliphatic rings. The molecule has 2 aromatic heterocycles. The van der Waals surface area contributed by atoms with Crippen LogP contribution in [-0.4, -0.2) is 10.1 Å². The Labute approximate surface area is 121 Å². The number of nitrogens with zero attached hydrogens (tertiary/aromatic N) is 2. The van der Waals surface area contributed by atoms with Crippen LogP contribution in [0.5, 0.6) is 0 Å². The van der Waals surface area contributed by atoms with Gasteiger partial charge in [-0.1, -0.05) is 17.3 Å². The third-order valence-corrected chi connectivity index (χ3v) is 4.12. The molecular weight excluding hydrogens is 270 g/mol. The molecule has 0 unspecified atom stereocenters. The molecule has 0 radical (unpaired) electrons. The van der Waals surface area contributed by atoms with Crippen LogP contribution in [0.2, 0.25) is 0 Å². The Morgan fingerprint density at radius 1 is 1.20 bits per heavy atom. The quantitative estimate of drug-likeness (QED) is 0.786. The molecule has 0 saturated carbocycles. The smallest absolute Gasteiger partial charge is 0.260 e. The number of para-hydroxylation sites is 1. The lowest BCUT2D eigenvalue weighted by Gasteiger charge is -2.09. The summed E-state index contributed by atoms with van der Waals surface area (Å²) in [5, 5.41) is 9.40. The van der Waals surface area contributed by atoms with Gasteiger partial charge in [0.2, 0.25) is 0 Å². The van der Waals surface area contributed by atoms with E-state index in [9.17, 15) is 0 Å². The van der Waals surface area contributed by atoms with Crippen LogP contribution in [0.15, 0.2) is 40.2 Å². The molecule has 3 aromatic rings. The van der Waals surface area contributed by atoms with Gasteiger partial charge in [-0.05, 0) is 43.0 Å². The van der Waals surface area contributed by atoms with Crippen molar-refractivity contribution in [1.82, 2.24) is 10.1 Å². The molecule has 0 spiro atoms. The Bertz CT molecular complexity index is 717. The first-order valence-electron chi connectivity index (χ1n) is 6.40. The third-order valence-electron chi connectivity index (χ3n) is 3.09. The number of hydrogen-bond donors (Lipinski definition) is 1. The summed E-state index contributed by atoms with van der Waals surface area (Å²) in [7, 11) is 0. The largest absolute Gasteiger partial charge is 0.379 e. The topological polar surface area (TPSA) is 51.0 Å². The first-order valence-corrected chi connectivity index (χ1v) is 7.28. The molecule has 0 saturated heterocycles. The fourth-order valence-corrected chi connectivity index (χ4v) is 2.84. The zero-order valence-electron chi connectivity index (χ0n) is 11.4. The van der Waals surface area contributed by atoms with Crippen molar-refractivity contribution in [3.8, 4) is 11.5 Å². The number of aryl methyl sites for hydroxylation is 2. The normalized spacial score (nSPS) is 10.7. The molecule has 20 heavy (non-hydrogen) atoms. The molecule has 0 atom stereocenters. The fourth-order valence-electron chi connectivity index (χ4n) is 1.99. The maximum Gasteiger partial charge on any atom is 0.260 e. The molecule has 0 bridgehead atoms. The summed E-state index contributed by atoms with van der Waals surface area (Å²) >= 11 is 1.76. The molecule has 4 nitrogen and oxygen atoms in total. The Balaban J connectivity index is 1.85. The van der Waals surface area contributed by atoms with Crippen LogP contribution >= 0.6 is 11.3 Å². The van der Waals surface area contributed by atoms with Gasteiger partial charge >= 0.3 is 0 Å². The van der Waals surface area contributed by atoms with E-state index in [2.05, 4.69) is 33.8 Å². The van der Waals surface area contributed by atoms with E-state index in [0.29, 0.717) is 11.7 Å². The van der Waals surface area contributed by atoms with E-state index in [-0.39, 0.29) is 0 Å². The molecule has 0 fully saturated rings. The lowest BCUT2D eigenvalue weighted by atomic mass is 10.1. The van der Waals surface area contributed by atoms with E-state index in [1.807, 2.05) is 31.2 Å². The zero-order valence-corrected chi connectivity index (χ0v) is 12.2. The summed E-state index contributed by atoms with van der Waals surface area (Å²) in [6, 6.07) is 10.1. The van der Waals surface area contributed by atoms with Crippen LogP contribution in [0.25, 0.3) is 11.5 Å². The highest BCUT2D eigenvalue weighted by atomic mass is 32.1. The van der Waals surface area contributed by atoms with E-state index >= 15 is 0 Å². The second-order valence-corrected chi connectivity index (χ2v) is 5.57. The van der Waals surface area contributed by atoms with Crippen LogP contribution in [0.3, 0.4) is 0 Å². The highest BCUT2D eigenvalue weighted by Crippen LogP contribution is 2.27. The van der Waals surface area contributed by atoms with Gasteiger partial charge in [0.15, 0.2) is 5.82 Å². The van der Waals surface area contributed by atoms with Crippen LogP contribution in [0.4, 0.5) is 5.69 Å². The molecule has 102 valence electrons. The van der Waals surface area contributed by atoms with E-state index in [4.69, 9.17) is 4.52 Å². The molecule has 0 amide bonds. The van der Waals surface area contributed by atoms with Gasteiger partial charge in [-0.25, -0.2) is 0 Å². The second-order valence-electron chi connectivity index (χ2n) is 4.57. The minimum atomic E-state index is 0.550. The number of nitrogens with one attached hydrogen (secondary N) is 1. The van der Waals surface area contributed by atoms with Crippen molar-refractivity contribution in [1.29, 1.82) is 0 Å². The van der Waals surface area contributed by atoms with Crippen LogP contribution < -0.4 is 5.32 Å². The van der Waals surface area contributed by atoms with Crippen molar-refractivity contribution in [2.45, 2.75) is 20.4 Å². The van der Waals surface area contributed by atoms with Crippen molar-refractivity contribution in [2.24, 2.45) is 0 Å². The molecule has 2 heterocycles. The molecule has 3 rings (SSSR count). The average Bonchev–Trinajstić information content (AvgIpc) is 3.06. The van der Waals surface area contributed by atoms with Gasteiger partial charge in [-0.3, -0.25) is 0 Å². The Kier molecular flexibility index (Phi) is 3.52. The second kappa shape index (κ2) is 5.46. The van der Waals surface area contributed by atoms with Gasteiger partial charge in [-0.15, -0.1) is 11.3 Å². The number of aromatic nitrogens is 2. The van der Waals surface area contributed by atoms with Crippen molar-refractivity contribution in [2.75, 3.05) is 5.32 Å². The van der Waals surface area contributed by atoms with Crippen LogP contribution in [-0.2, 0) is 6.54 Å². The first-order chi connectivity index (χ1) is 9.74. The molecule has 0 aliphatic heterocycles. The molecule has 1 aromatic carbocycles. The highest BCUT2D eigenvalue weighted by molar-refractivity contribution is 7.10. The van der Waals surface area contributed by atoms with E-state index in [1.54, 1.807) is 11.3 Å². The summed E-state index contributed by atoms with van der Waals surface area (Å²) in [5.41, 5.74) is 3.25. The molecular formula is C15H15N3OS. The fraction of sp³-hybridized carbons (Fsp3) is 0.200. The average molecular weight is 285 g/mol. The van der Waals surface area contributed by atoms with E-state index in [1.165, 1.54) is 10.4 Å². The number of rotatable bonds is 4. The minimum Gasteiger partial charge on any atom is -0.379 e. The summed E-state index contributed by atoms with van der Waals surface area (Å²) in [6.07, 6.45) is 0. The molecule has 0 aliphatic carbocycles. The van der Waals surface area contributed by atoms with Crippen LogP contribution in [0, 0.1) is 13.8 Å². The summed E-state index contributed by atoms with van der Waals surface area (Å²) in [4.78, 5) is 5.62. The zero-order chi connectivity index (χ0) is 13.9. The van der Waals surface area contributed by atoms with Crippen molar-refractivity contribution >= 4 is 17.0 Å². The van der Waals surface area contributed by atoms with Gasteiger partial charge in [0.25, 0.3) is 5.89 Å². The lowest BCUT2D eigenvalue weighted by Crippen LogP contribution is -2.00. The SMILES string of the molecule is Cc1noc(-c2ccccc2NCc2sccc2C)n1. The Hall–Kier alpha value is -2.14. The number of benzene rings is 1. The Morgan fingerprint density at radius 2 is 2.05 bits per heavy atom. The standard InChI is InChI=1S/C15H15N3OS/c1-10-7-8-20-14(10)9-16-13-6-4-3-5-12(13)15-17-11(2)18-19-15/h3-8,16H,9H2,1-2H3. The van der Waals surface area contributed by atoms with Crippen molar-refractivity contribution in [3.63, 3.8) is 0 Å². The van der Waals surface area contributed by atoms with Crippen LogP contribution in [0.1, 0.15) is 16.3 Å². The third kappa shape index (κ3) is 2.58.